The lowest BCUT2D eigenvalue weighted by Gasteiger charge is -2.19. The lowest BCUT2D eigenvalue weighted by Crippen LogP contribution is -2.20. The molecule has 2 unspecified atom stereocenters. The molecule has 0 aromatic heterocycles. The molecule has 0 bridgehead atoms. The highest BCUT2D eigenvalue weighted by Crippen LogP contribution is 2.16. The van der Waals surface area contributed by atoms with E-state index in [1.807, 2.05) is 12.2 Å². The number of ether oxygens (including phenoxy) is 2. The summed E-state index contributed by atoms with van der Waals surface area (Å²) in [6.07, 6.45) is 10.4. The van der Waals surface area contributed by atoms with Gasteiger partial charge in [0.2, 0.25) is 0 Å². The summed E-state index contributed by atoms with van der Waals surface area (Å²) in [7, 11) is 0. The van der Waals surface area contributed by atoms with Gasteiger partial charge in [-0.15, -0.1) is 0 Å². The van der Waals surface area contributed by atoms with Crippen molar-refractivity contribution in [2.24, 2.45) is 0 Å². The minimum Gasteiger partial charge on any atom is -0.462 e. The number of unbranched alkanes of at least 4 members (excludes halogenated alkanes) is 2. The molecule has 1 aliphatic rings. The van der Waals surface area contributed by atoms with Crippen molar-refractivity contribution < 1.29 is 19.1 Å². The summed E-state index contributed by atoms with van der Waals surface area (Å²) in [5.41, 5.74) is 0. The maximum absolute atomic E-state index is 11.7. The van der Waals surface area contributed by atoms with Crippen LogP contribution in [0.4, 0.5) is 0 Å². The third kappa shape index (κ3) is 6.99. The summed E-state index contributed by atoms with van der Waals surface area (Å²) >= 11 is 0. The van der Waals surface area contributed by atoms with Gasteiger partial charge >= 0.3 is 5.97 Å². The summed E-state index contributed by atoms with van der Waals surface area (Å²) in [6.45, 7) is 2.62. The van der Waals surface area contributed by atoms with E-state index in [4.69, 9.17) is 9.47 Å². The second kappa shape index (κ2) is 9.59. The summed E-state index contributed by atoms with van der Waals surface area (Å²) in [4.78, 5) is 22.0. The summed E-state index contributed by atoms with van der Waals surface area (Å²) in [5, 5.41) is 0. The summed E-state index contributed by atoms with van der Waals surface area (Å²) in [6, 6.07) is 0. The standard InChI is InChI=1S/C15H24O4/c1-2-3-4-7-14-10-5-8-13(18-12-16)9-6-11-15(17)19-14/h5,8,12-14H,2-4,6-7,9-11H2,1H3. The number of rotatable bonds is 6. The number of carbonyl (C=O) groups excluding carboxylic acids is 2. The Kier molecular flexibility index (Phi) is 7.94. The van der Waals surface area contributed by atoms with E-state index in [0.29, 0.717) is 32.2 Å². The smallest absolute Gasteiger partial charge is 0.306 e. The highest BCUT2D eigenvalue weighted by molar-refractivity contribution is 5.69. The van der Waals surface area contributed by atoms with Crippen LogP contribution in [0.15, 0.2) is 12.2 Å². The first-order valence-corrected chi connectivity index (χ1v) is 7.21. The van der Waals surface area contributed by atoms with Crippen molar-refractivity contribution in [3.8, 4) is 0 Å². The Bertz CT molecular complexity index is 299. The fraction of sp³-hybridized carbons (Fsp3) is 0.733. The van der Waals surface area contributed by atoms with Gasteiger partial charge in [-0.05, 0) is 31.8 Å². The van der Waals surface area contributed by atoms with E-state index in [1.54, 1.807) is 0 Å². The van der Waals surface area contributed by atoms with Crippen LogP contribution in [0.25, 0.3) is 0 Å². The average Bonchev–Trinajstić information content (AvgIpc) is 2.38. The van der Waals surface area contributed by atoms with Crippen LogP contribution in [0.3, 0.4) is 0 Å². The van der Waals surface area contributed by atoms with Gasteiger partial charge in [-0.1, -0.05) is 25.8 Å². The van der Waals surface area contributed by atoms with Crippen molar-refractivity contribution in [1.82, 2.24) is 0 Å². The van der Waals surface area contributed by atoms with Crippen molar-refractivity contribution in [3.63, 3.8) is 0 Å². The first-order chi connectivity index (χ1) is 9.26. The van der Waals surface area contributed by atoms with Crippen molar-refractivity contribution >= 4 is 12.4 Å². The quantitative estimate of drug-likeness (QED) is 0.321. The van der Waals surface area contributed by atoms with E-state index in [2.05, 4.69) is 6.92 Å². The Labute approximate surface area is 115 Å². The minimum absolute atomic E-state index is 0.0368. The minimum atomic E-state index is -0.209. The number of esters is 1. The predicted octanol–water partition coefficient (Wildman–Crippen LogP) is 3.15. The topological polar surface area (TPSA) is 52.6 Å². The fourth-order valence-electron chi connectivity index (χ4n) is 2.20. The molecule has 4 heteroatoms. The maximum atomic E-state index is 11.7. The Morgan fingerprint density at radius 3 is 3.05 bits per heavy atom. The molecule has 0 radical (unpaired) electrons. The molecule has 4 nitrogen and oxygen atoms in total. The monoisotopic (exact) mass is 268 g/mol. The fourth-order valence-corrected chi connectivity index (χ4v) is 2.20. The zero-order valence-corrected chi connectivity index (χ0v) is 11.7. The van der Waals surface area contributed by atoms with Crippen LogP contribution in [0.5, 0.6) is 0 Å². The molecular formula is C15H24O4. The Hall–Kier alpha value is -1.32. The second-order valence-corrected chi connectivity index (χ2v) is 4.93. The number of cyclic esters (lactones) is 1. The van der Waals surface area contributed by atoms with Gasteiger partial charge in [-0.2, -0.15) is 0 Å². The van der Waals surface area contributed by atoms with Gasteiger partial charge in [-0.25, -0.2) is 0 Å². The molecule has 0 aliphatic carbocycles. The molecule has 1 aliphatic heterocycles. The predicted molar refractivity (Wildman–Crippen MR) is 72.6 cm³/mol. The van der Waals surface area contributed by atoms with Crippen molar-refractivity contribution in [2.75, 3.05) is 0 Å². The van der Waals surface area contributed by atoms with E-state index in [1.165, 1.54) is 0 Å². The van der Waals surface area contributed by atoms with E-state index >= 15 is 0 Å². The van der Waals surface area contributed by atoms with E-state index in [0.717, 1.165) is 25.7 Å². The SMILES string of the molecule is CCCCCC1CC=CC(OC=O)CCCC(=O)O1. The molecule has 0 spiro atoms. The van der Waals surface area contributed by atoms with Crippen LogP contribution in [-0.2, 0) is 19.1 Å². The third-order valence-corrected chi connectivity index (χ3v) is 3.28. The van der Waals surface area contributed by atoms with Crippen molar-refractivity contribution in [3.05, 3.63) is 12.2 Å². The van der Waals surface area contributed by atoms with Gasteiger partial charge in [0, 0.05) is 12.8 Å². The molecule has 0 fully saturated rings. The first kappa shape index (κ1) is 15.7. The number of hydrogen-bond donors (Lipinski definition) is 0. The van der Waals surface area contributed by atoms with E-state index in [9.17, 15) is 9.59 Å². The molecule has 2 atom stereocenters. The number of carbonyl (C=O) groups is 2. The molecule has 0 saturated heterocycles. The van der Waals surface area contributed by atoms with Gasteiger partial charge in [-0.3, -0.25) is 9.59 Å². The normalized spacial score (nSPS) is 24.6. The van der Waals surface area contributed by atoms with Gasteiger partial charge in [0.15, 0.2) is 0 Å². The van der Waals surface area contributed by atoms with Crippen LogP contribution >= 0.6 is 0 Å². The Balaban J connectivity index is 2.51. The largest absolute Gasteiger partial charge is 0.462 e. The molecule has 1 heterocycles. The maximum Gasteiger partial charge on any atom is 0.306 e. The van der Waals surface area contributed by atoms with Gasteiger partial charge in [0.1, 0.15) is 12.2 Å². The molecule has 0 N–H and O–H groups in total. The van der Waals surface area contributed by atoms with Crippen LogP contribution in [0.1, 0.15) is 58.3 Å². The molecular weight excluding hydrogens is 244 g/mol. The molecule has 108 valence electrons. The Morgan fingerprint density at radius 1 is 1.47 bits per heavy atom. The lowest BCUT2D eigenvalue weighted by atomic mass is 10.0. The number of hydrogen-bond acceptors (Lipinski definition) is 4. The molecule has 1 rings (SSSR count). The lowest BCUT2D eigenvalue weighted by molar-refractivity contribution is -0.149. The summed E-state index contributed by atoms with van der Waals surface area (Å²) < 4.78 is 10.4. The summed E-state index contributed by atoms with van der Waals surface area (Å²) in [5.74, 6) is -0.137. The zero-order chi connectivity index (χ0) is 13.9. The van der Waals surface area contributed by atoms with Gasteiger partial charge in [0.05, 0.1) is 0 Å². The average molecular weight is 268 g/mol. The molecule has 0 amide bonds. The van der Waals surface area contributed by atoms with E-state index < -0.39 is 0 Å². The van der Waals surface area contributed by atoms with Crippen LogP contribution in [0, 0.1) is 0 Å². The highest BCUT2D eigenvalue weighted by atomic mass is 16.5. The highest BCUT2D eigenvalue weighted by Gasteiger charge is 2.16. The van der Waals surface area contributed by atoms with Gasteiger partial charge < -0.3 is 9.47 Å². The molecule has 0 saturated carbocycles. The second-order valence-electron chi connectivity index (χ2n) is 4.93. The van der Waals surface area contributed by atoms with Crippen molar-refractivity contribution in [2.45, 2.75) is 70.5 Å². The van der Waals surface area contributed by atoms with E-state index in [-0.39, 0.29) is 18.2 Å². The third-order valence-electron chi connectivity index (χ3n) is 3.28. The van der Waals surface area contributed by atoms with Crippen LogP contribution in [0.2, 0.25) is 0 Å². The molecule has 19 heavy (non-hydrogen) atoms. The Morgan fingerprint density at radius 2 is 2.32 bits per heavy atom. The van der Waals surface area contributed by atoms with Crippen LogP contribution < -0.4 is 0 Å². The van der Waals surface area contributed by atoms with Crippen molar-refractivity contribution in [1.29, 1.82) is 0 Å². The zero-order valence-electron chi connectivity index (χ0n) is 11.7. The first-order valence-electron chi connectivity index (χ1n) is 7.21. The molecule has 0 aromatic carbocycles. The van der Waals surface area contributed by atoms with Crippen LogP contribution in [-0.4, -0.2) is 24.6 Å². The molecule has 0 aromatic rings. The van der Waals surface area contributed by atoms with Gasteiger partial charge in [0.25, 0.3) is 6.47 Å².